The Balaban J connectivity index is 1.49. The summed E-state index contributed by atoms with van der Waals surface area (Å²) in [5, 5.41) is 17.8. The van der Waals surface area contributed by atoms with E-state index in [4.69, 9.17) is 27.9 Å². The van der Waals surface area contributed by atoms with Gasteiger partial charge in [-0.2, -0.15) is 11.3 Å². The summed E-state index contributed by atoms with van der Waals surface area (Å²) in [7, 11) is 0. The number of hydrogen-bond acceptors (Lipinski definition) is 5. The molecular formula is C18H15Cl2NO3S2. The fourth-order valence-electron chi connectivity index (χ4n) is 2.20. The largest absolute Gasteiger partial charge is 0.482 e. The van der Waals surface area contributed by atoms with Crippen molar-refractivity contribution in [1.29, 1.82) is 0 Å². The number of aliphatic hydroxyl groups excluding tert-OH is 1. The van der Waals surface area contributed by atoms with Gasteiger partial charge >= 0.3 is 0 Å². The summed E-state index contributed by atoms with van der Waals surface area (Å²) in [5.41, 5.74) is 0.876. The average Bonchev–Trinajstić information content (AvgIpc) is 3.30. The number of hydrogen-bond donors (Lipinski definition) is 2. The first kappa shape index (κ1) is 19.2. The first-order valence-corrected chi connectivity index (χ1v) is 10.2. The summed E-state index contributed by atoms with van der Waals surface area (Å²) in [6.07, 6.45) is -0.633. The molecule has 8 heteroatoms. The summed E-state index contributed by atoms with van der Waals surface area (Å²) in [5.74, 6) is 0.146. The molecule has 0 saturated heterocycles. The number of thiophene rings is 2. The van der Waals surface area contributed by atoms with Crippen molar-refractivity contribution in [2.45, 2.75) is 12.6 Å². The van der Waals surface area contributed by atoms with E-state index in [2.05, 4.69) is 5.32 Å². The zero-order chi connectivity index (χ0) is 18.5. The second kappa shape index (κ2) is 8.88. The number of ether oxygens (including phenoxy) is 1. The van der Waals surface area contributed by atoms with E-state index in [0.717, 1.165) is 15.3 Å². The van der Waals surface area contributed by atoms with Crippen molar-refractivity contribution in [3.63, 3.8) is 0 Å². The zero-order valence-corrected chi connectivity index (χ0v) is 16.6. The first-order chi connectivity index (χ1) is 12.5. The van der Waals surface area contributed by atoms with Gasteiger partial charge in [-0.25, -0.2) is 0 Å². The third-order valence-electron chi connectivity index (χ3n) is 3.52. The molecule has 0 bridgehead atoms. The van der Waals surface area contributed by atoms with Gasteiger partial charge in [0, 0.05) is 14.8 Å². The predicted octanol–water partition coefficient (Wildman–Crippen LogP) is 4.89. The second-order valence-corrected chi connectivity index (χ2v) is 8.23. The monoisotopic (exact) mass is 427 g/mol. The van der Waals surface area contributed by atoms with Gasteiger partial charge in [0.15, 0.2) is 6.61 Å². The minimum Gasteiger partial charge on any atom is -0.482 e. The molecule has 0 aliphatic heterocycles. The average molecular weight is 428 g/mol. The Kier molecular flexibility index (Phi) is 6.56. The van der Waals surface area contributed by atoms with Crippen LogP contribution in [0, 0.1) is 0 Å². The number of carbonyl (C=O) groups is 1. The standard InChI is InChI=1S/C18H15Cl2NO3S2/c19-12-1-3-15(14(20)7-12)24-9-17(22)21-8-13-2-4-16(26-13)18(23)11-5-6-25-10-11/h1-7,10,18,23H,8-9H2,(H,21,22)/t18-/m0/s1. The second-order valence-electron chi connectivity index (χ2n) is 5.40. The molecule has 2 N–H and O–H groups in total. The van der Waals surface area contributed by atoms with Crippen LogP contribution in [0.4, 0.5) is 0 Å². The Morgan fingerprint density at radius 3 is 2.81 bits per heavy atom. The molecule has 4 nitrogen and oxygen atoms in total. The van der Waals surface area contributed by atoms with Crippen LogP contribution in [0.15, 0.2) is 47.2 Å². The van der Waals surface area contributed by atoms with Gasteiger partial charge in [0.05, 0.1) is 11.6 Å². The Hall–Kier alpha value is -1.57. The number of benzene rings is 1. The topological polar surface area (TPSA) is 58.6 Å². The van der Waals surface area contributed by atoms with Crippen LogP contribution < -0.4 is 10.1 Å². The number of amides is 1. The number of rotatable bonds is 7. The lowest BCUT2D eigenvalue weighted by Crippen LogP contribution is -2.28. The summed E-state index contributed by atoms with van der Waals surface area (Å²) < 4.78 is 5.40. The molecular weight excluding hydrogens is 413 g/mol. The summed E-state index contributed by atoms with van der Waals surface area (Å²) in [6.45, 7) is 0.231. The van der Waals surface area contributed by atoms with Crippen molar-refractivity contribution in [1.82, 2.24) is 5.32 Å². The third-order valence-corrected chi connectivity index (χ3v) is 5.89. The van der Waals surface area contributed by atoms with Gasteiger partial charge in [-0.15, -0.1) is 11.3 Å². The smallest absolute Gasteiger partial charge is 0.258 e. The van der Waals surface area contributed by atoms with Crippen molar-refractivity contribution in [3.05, 3.63) is 72.5 Å². The maximum absolute atomic E-state index is 11.9. The van der Waals surface area contributed by atoms with Crippen LogP contribution >= 0.6 is 45.9 Å². The Morgan fingerprint density at radius 2 is 2.08 bits per heavy atom. The van der Waals surface area contributed by atoms with Crippen LogP contribution in [0.25, 0.3) is 0 Å². The number of carbonyl (C=O) groups excluding carboxylic acids is 1. The normalized spacial score (nSPS) is 12.0. The molecule has 0 fully saturated rings. The van der Waals surface area contributed by atoms with Crippen LogP contribution in [-0.4, -0.2) is 17.6 Å². The molecule has 2 heterocycles. The lowest BCUT2D eigenvalue weighted by molar-refractivity contribution is -0.123. The van der Waals surface area contributed by atoms with E-state index < -0.39 is 6.10 Å². The molecule has 0 spiro atoms. The Bertz CT molecular complexity index is 880. The van der Waals surface area contributed by atoms with Gasteiger partial charge in [-0.05, 0) is 52.7 Å². The van der Waals surface area contributed by atoms with Gasteiger partial charge in [0.2, 0.25) is 0 Å². The van der Waals surface area contributed by atoms with Gasteiger partial charge in [0.1, 0.15) is 11.9 Å². The van der Waals surface area contributed by atoms with E-state index in [0.29, 0.717) is 22.3 Å². The van der Waals surface area contributed by atoms with Crippen LogP contribution in [0.5, 0.6) is 5.75 Å². The fourth-order valence-corrected chi connectivity index (χ4v) is 4.31. The lowest BCUT2D eigenvalue weighted by atomic mass is 10.2. The number of aliphatic hydroxyl groups is 1. The summed E-state index contributed by atoms with van der Waals surface area (Å²) in [6, 6.07) is 10.5. The molecule has 1 aromatic carbocycles. The van der Waals surface area contributed by atoms with Crippen LogP contribution in [-0.2, 0) is 11.3 Å². The maximum Gasteiger partial charge on any atom is 0.258 e. The summed E-state index contributed by atoms with van der Waals surface area (Å²) >= 11 is 14.8. The van der Waals surface area contributed by atoms with E-state index in [1.165, 1.54) is 11.3 Å². The van der Waals surface area contributed by atoms with Gasteiger partial charge < -0.3 is 15.2 Å². The highest BCUT2D eigenvalue weighted by Gasteiger charge is 2.14. The number of nitrogens with one attached hydrogen (secondary N) is 1. The molecule has 136 valence electrons. The molecule has 0 saturated carbocycles. The van der Waals surface area contributed by atoms with E-state index >= 15 is 0 Å². The highest BCUT2D eigenvalue weighted by molar-refractivity contribution is 7.12. The maximum atomic E-state index is 11.9. The number of halogens is 2. The van der Waals surface area contributed by atoms with E-state index in [1.54, 1.807) is 29.5 Å². The molecule has 1 amide bonds. The highest BCUT2D eigenvalue weighted by Crippen LogP contribution is 2.30. The molecule has 2 aromatic heterocycles. The van der Waals surface area contributed by atoms with Crippen LogP contribution in [0.2, 0.25) is 10.0 Å². The fraction of sp³-hybridized carbons (Fsp3) is 0.167. The molecule has 3 aromatic rings. The first-order valence-electron chi connectivity index (χ1n) is 7.66. The predicted molar refractivity (Wildman–Crippen MR) is 107 cm³/mol. The van der Waals surface area contributed by atoms with Crippen molar-refractivity contribution in [2.75, 3.05) is 6.61 Å². The van der Waals surface area contributed by atoms with E-state index in [-0.39, 0.29) is 12.5 Å². The Labute approximate surface area is 169 Å². The Morgan fingerprint density at radius 1 is 1.23 bits per heavy atom. The lowest BCUT2D eigenvalue weighted by Gasteiger charge is -2.08. The quantitative estimate of drug-likeness (QED) is 0.563. The SMILES string of the molecule is O=C(COc1ccc(Cl)cc1Cl)NCc1ccc([C@@H](O)c2ccsc2)s1. The van der Waals surface area contributed by atoms with Gasteiger partial charge in [-0.3, -0.25) is 4.79 Å². The highest BCUT2D eigenvalue weighted by atomic mass is 35.5. The molecule has 0 unspecified atom stereocenters. The molecule has 26 heavy (non-hydrogen) atoms. The summed E-state index contributed by atoms with van der Waals surface area (Å²) in [4.78, 5) is 13.7. The minimum absolute atomic E-state index is 0.142. The van der Waals surface area contributed by atoms with Gasteiger partial charge in [-0.1, -0.05) is 23.2 Å². The molecule has 0 aliphatic rings. The van der Waals surface area contributed by atoms with E-state index in [1.807, 2.05) is 29.0 Å². The zero-order valence-electron chi connectivity index (χ0n) is 13.4. The van der Waals surface area contributed by atoms with Crippen molar-refractivity contribution in [2.24, 2.45) is 0 Å². The molecule has 1 atom stereocenters. The van der Waals surface area contributed by atoms with Crippen molar-refractivity contribution >= 4 is 51.8 Å². The molecule has 3 rings (SSSR count). The van der Waals surface area contributed by atoms with Crippen LogP contribution in [0.1, 0.15) is 21.4 Å². The van der Waals surface area contributed by atoms with Crippen LogP contribution in [0.3, 0.4) is 0 Å². The van der Waals surface area contributed by atoms with Crippen molar-refractivity contribution in [3.8, 4) is 5.75 Å². The van der Waals surface area contributed by atoms with E-state index in [9.17, 15) is 9.90 Å². The molecule has 0 radical (unpaired) electrons. The molecule has 0 aliphatic carbocycles. The van der Waals surface area contributed by atoms with Crippen molar-refractivity contribution < 1.29 is 14.6 Å². The van der Waals surface area contributed by atoms with Gasteiger partial charge in [0.25, 0.3) is 5.91 Å². The minimum atomic E-state index is -0.633. The third kappa shape index (κ3) is 4.99.